The molecule has 0 saturated heterocycles. The van der Waals surface area contributed by atoms with Crippen molar-refractivity contribution >= 4 is 28.6 Å². The number of halogens is 7. The molecule has 0 atom stereocenters. The van der Waals surface area contributed by atoms with E-state index in [1.165, 1.54) is 29.5 Å². The van der Waals surface area contributed by atoms with Crippen molar-refractivity contribution in [3.63, 3.8) is 0 Å². The molecule has 0 N–H and O–H groups in total. The van der Waals surface area contributed by atoms with Crippen LogP contribution in [0.5, 0.6) is 5.75 Å². The third kappa shape index (κ3) is 5.50. The zero-order valence-corrected chi connectivity index (χ0v) is 13.0. The van der Waals surface area contributed by atoms with E-state index in [-0.39, 0.29) is 10.3 Å². The van der Waals surface area contributed by atoms with Crippen molar-refractivity contribution in [2.24, 2.45) is 0 Å². The van der Waals surface area contributed by atoms with Crippen LogP contribution in [-0.2, 0) is 22.1 Å². The smallest absolute Gasteiger partial charge is 0.466 e. The quantitative estimate of drug-likeness (QED) is 0.308. The van der Waals surface area contributed by atoms with E-state index < -0.39 is 41.9 Å². The van der Waals surface area contributed by atoms with Crippen LogP contribution in [0, 0.1) is 3.70 Å². The Kier molecular flexibility index (Phi) is 5.87. The van der Waals surface area contributed by atoms with E-state index in [1.807, 2.05) is 0 Å². The number of alkyl halides is 6. The van der Waals surface area contributed by atoms with Crippen molar-refractivity contribution in [2.75, 3.05) is 6.61 Å². The molecule has 1 rings (SSSR count). The van der Waals surface area contributed by atoms with Crippen LogP contribution < -0.4 is 4.74 Å². The number of pyridine rings is 1. The van der Waals surface area contributed by atoms with Crippen LogP contribution in [-0.4, -0.2) is 23.9 Å². The Balaban J connectivity index is 3.39. The first-order chi connectivity index (χ1) is 9.94. The van der Waals surface area contributed by atoms with Gasteiger partial charge in [-0.15, -0.1) is 13.2 Å². The summed E-state index contributed by atoms with van der Waals surface area (Å²) in [5.41, 5.74) is -2.46. The Morgan fingerprint density at radius 1 is 1.27 bits per heavy atom. The van der Waals surface area contributed by atoms with Crippen LogP contribution in [0.15, 0.2) is 6.07 Å². The topological polar surface area (TPSA) is 48.4 Å². The summed E-state index contributed by atoms with van der Waals surface area (Å²) in [5, 5.41) is 0. The summed E-state index contributed by atoms with van der Waals surface area (Å²) in [5.74, 6) is -2.56. The lowest BCUT2D eigenvalue weighted by molar-refractivity contribution is -0.276. The van der Waals surface area contributed by atoms with Crippen molar-refractivity contribution < 1.29 is 40.6 Å². The summed E-state index contributed by atoms with van der Waals surface area (Å²) >= 11 is 1.39. The number of carbonyl (C=O) groups is 1. The van der Waals surface area contributed by atoms with Gasteiger partial charge < -0.3 is 9.47 Å². The highest BCUT2D eigenvalue weighted by atomic mass is 127. The molecule has 1 aromatic heterocycles. The molecule has 0 amide bonds. The fraction of sp³-hybridized carbons (Fsp3) is 0.455. The first kappa shape index (κ1) is 18.8. The van der Waals surface area contributed by atoms with Crippen molar-refractivity contribution in [3.8, 4) is 5.75 Å². The molecule has 0 unspecified atom stereocenters. The average molecular weight is 443 g/mol. The highest BCUT2D eigenvalue weighted by molar-refractivity contribution is 14.1. The van der Waals surface area contributed by atoms with E-state index in [2.05, 4.69) is 14.5 Å². The first-order valence-corrected chi connectivity index (χ1v) is 6.70. The molecule has 0 aliphatic carbocycles. The zero-order valence-electron chi connectivity index (χ0n) is 10.8. The second kappa shape index (κ2) is 6.87. The lowest BCUT2D eigenvalue weighted by Gasteiger charge is -2.18. The van der Waals surface area contributed by atoms with Crippen LogP contribution in [0.1, 0.15) is 18.2 Å². The Morgan fingerprint density at radius 2 is 1.86 bits per heavy atom. The minimum Gasteiger partial charge on any atom is -0.466 e. The molecule has 124 valence electrons. The van der Waals surface area contributed by atoms with Crippen LogP contribution in [0.3, 0.4) is 0 Å². The number of hydrogen-bond donors (Lipinski definition) is 0. The molecular weight excluding hydrogens is 435 g/mol. The summed E-state index contributed by atoms with van der Waals surface area (Å²) in [6, 6.07) is 0.399. The Bertz CT molecular complexity index is 558. The summed E-state index contributed by atoms with van der Waals surface area (Å²) < 4.78 is 83.3. The molecule has 1 aromatic rings. The minimum absolute atomic E-state index is 0.0790. The second-order valence-electron chi connectivity index (χ2n) is 3.80. The maximum atomic E-state index is 12.9. The summed E-state index contributed by atoms with van der Waals surface area (Å²) in [6.45, 7) is 1.36. The Labute approximate surface area is 133 Å². The van der Waals surface area contributed by atoms with E-state index in [0.29, 0.717) is 6.07 Å². The number of esters is 1. The number of carbonyl (C=O) groups excluding carboxylic acids is 1. The van der Waals surface area contributed by atoms with Gasteiger partial charge in [-0.25, -0.2) is 4.98 Å². The standard InChI is InChI=1S/C11H8F6INO3/c1-2-21-8(20)4-6-9(22-11(15,16)17)5(10(12,13)14)3-7(18)19-6/h3H,2,4H2,1H3. The van der Waals surface area contributed by atoms with Gasteiger partial charge in [-0.3, -0.25) is 4.79 Å². The normalized spacial score (nSPS) is 12.2. The first-order valence-electron chi connectivity index (χ1n) is 5.62. The number of ether oxygens (including phenoxy) is 2. The van der Waals surface area contributed by atoms with Gasteiger partial charge in [-0.05, 0) is 35.6 Å². The van der Waals surface area contributed by atoms with Crippen molar-refractivity contribution in [1.29, 1.82) is 0 Å². The van der Waals surface area contributed by atoms with Crippen LogP contribution in [0.25, 0.3) is 0 Å². The minimum atomic E-state index is -5.36. The van der Waals surface area contributed by atoms with Gasteiger partial charge in [-0.2, -0.15) is 13.2 Å². The molecule has 0 bridgehead atoms. The Hall–Kier alpha value is -1.27. The molecule has 0 aliphatic rings. The molecule has 0 saturated carbocycles. The van der Waals surface area contributed by atoms with E-state index in [9.17, 15) is 31.1 Å². The molecular formula is C11H8F6INO3. The fourth-order valence-corrected chi connectivity index (χ4v) is 2.06. The van der Waals surface area contributed by atoms with Crippen LogP contribution in [0.2, 0.25) is 0 Å². The maximum Gasteiger partial charge on any atom is 0.573 e. The number of nitrogens with zero attached hydrogens (tertiary/aromatic N) is 1. The van der Waals surface area contributed by atoms with Gasteiger partial charge in [0.25, 0.3) is 0 Å². The summed E-state index contributed by atoms with van der Waals surface area (Å²) in [6.07, 6.45) is -11.3. The molecule has 0 aliphatic heterocycles. The molecule has 0 fully saturated rings. The molecule has 11 heteroatoms. The van der Waals surface area contributed by atoms with E-state index in [0.717, 1.165) is 0 Å². The molecule has 22 heavy (non-hydrogen) atoms. The summed E-state index contributed by atoms with van der Waals surface area (Å²) in [7, 11) is 0. The lowest BCUT2D eigenvalue weighted by atomic mass is 10.1. The van der Waals surface area contributed by atoms with E-state index in [4.69, 9.17) is 0 Å². The van der Waals surface area contributed by atoms with Crippen molar-refractivity contribution in [3.05, 3.63) is 21.0 Å². The second-order valence-corrected chi connectivity index (χ2v) is 4.90. The van der Waals surface area contributed by atoms with Gasteiger partial charge in [0.15, 0.2) is 5.75 Å². The predicted molar refractivity (Wildman–Crippen MR) is 69.0 cm³/mol. The highest BCUT2D eigenvalue weighted by Gasteiger charge is 2.41. The van der Waals surface area contributed by atoms with Gasteiger partial charge in [0.2, 0.25) is 0 Å². The maximum absolute atomic E-state index is 12.9. The summed E-state index contributed by atoms with van der Waals surface area (Å²) in [4.78, 5) is 14.8. The average Bonchev–Trinajstić information content (AvgIpc) is 2.29. The zero-order chi connectivity index (χ0) is 17.1. The SMILES string of the molecule is CCOC(=O)Cc1nc(I)cc(C(F)(F)F)c1OC(F)(F)F. The molecule has 1 heterocycles. The van der Waals surface area contributed by atoms with E-state index >= 15 is 0 Å². The Morgan fingerprint density at radius 3 is 2.32 bits per heavy atom. The lowest BCUT2D eigenvalue weighted by Crippen LogP contribution is -2.23. The largest absolute Gasteiger partial charge is 0.573 e. The highest BCUT2D eigenvalue weighted by Crippen LogP contribution is 2.40. The van der Waals surface area contributed by atoms with Gasteiger partial charge in [-0.1, -0.05) is 0 Å². The monoisotopic (exact) mass is 443 g/mol. The number of rotatable bonds is 4. The molecule has 0 aromatic carbocycles. The van der Waals surface area contributed by atoms with Crippen molar-refractivity contribution in [1.82, 2.24) is 4.98 Å². The third-order valence-electron chi connectivity index (χ3n) is 2.15. The van der Waals surface area contributed by atoms with Crippen molar-refractivity contribution in [2.45, 2.75) is 25.9 Å². The van der Waals surface area contributed by atoms with Crippen LogP contribution in [0.4, 0.5) is 26.3 Å². The number of aromatic nitrogens is 1. The van der Waals surface area contributed by atoms with Gasteiger partial charge in [0.1, 0.15) is 9.26 Å². The third-order valence-corrected chi connectivity index (χ3v) is 2.70. The van der Waals surface area contributed by atoms with E-state index in [1.54, 1.807) is 0 Å². The molecule has 0 radical (unpaired) electrons. The predicted octanol–water partition coefficient (Wildman–Crippen LogP) is 3.71. The van der Waals surface area contributed by atoms with Gasteiger partial charge >= 0.3 is 18.5 Å². The van der Waals surface area contributed by atoms with Gasteiger partial charge in [0, 0.05) is 0 Å². The molecule has 0 spiro atoms. The fourth-order valence-electron chi connectivity index (χ4n) is 1.46. The molecule has 4 nitrogen and oxygen atoms in total. The van der Waals surface area contributed by atoms with Gasteiger partial charge in [0.05, 0.1) is 18.7 Å². The number of hydrogen-bond acceptors (Lipinski definition) is 4. The van der Waals surface area contributed by atoms with Crippen LogP contribution >= 0.6 is 22.6 Å².